The summed E-state index contributed by atoms with van der Waals surface area (Å²) >= 11 is 2.20. The van der Waals surface area contributed by atoms with Crippen LogP contribution >= 0.6 is 22.6 Å². The Morgan fingerprint density at radius 1 is 1.00 bits per heavy atom. The third-order valence-electron chi connectivity index (χ3n) is 4.89. The summed E-state index contributed by atoms with van der Waals surface area (Å²) in [4.78, 5) is 17.7. The van der Waals surface area contributed by atoms with Crippen LogP contribution in [-0.4, -0.2) is 15.5 Å². The molecule has 0 radical (unpaired) electrons. The Kier molecular flexibility index (Phi) is 5.43. The highest BCUT2D eigenvalue weighted by Gasteiger charge is 2.20. The predicted molar refractivity (Wildman–Crippen MR) is 120 cm³/mol. The summed E-state index contributed by atoms with van der Waals surface area (Å²) in [6.07, 6.45) is 0.615. The third kappa shape index (κ3) is 3.80. The Balaban J connectivity index is 1.67. The van der Waals surface area contributed by atoms with Crippen LogP contribution in [0.2, 0.25) is 0 Å². The van der Waals surface area contributed by atoms with Crippen LogP contribution in [0.5, 0.6) is 0 Å². The smallest absolute Gasteiger partial charge is 0.252 e. The van der Waals surface area contributed by atoms with Gasteiger partial charge in [0.25, 0.3) is 5.91 Å². The molecule has 0 aliphatic heterocycles. The second-order valence-corrected chi connectivity index (χ2v) is 7.86. The standard InChI is InChI=1S/C23H20IN3O/c1-27-21-14-8-7-13-19(21)25-22(27)15-20(16-9-3-2-4-10-16)26-23(28)17-11-5-6-12-18(17)24/h2-14,20H,15H2,1H3,(H,26,28). The number of rotatable bonds is 5. The molecule has 4 rings (SSSR count). The fraction of sp³-hybridized carbons (Fsp3) is 0.130. The Morgan fingerprint density at radius 2 is 1.68 bits per heavy atom. The maximum absolute atomic E-state index is 13.0. The van der Waals surface area contributed by atoms with E-state index in [2.05, 4.69) is 38.5 Å². The summed E-state index contributed by atoms with van der Waals surface area (Å²) in [5, 5.41) is 3.21. The van der Waals surface area contributed by atoms with Crippen molar-refractivity contribution in [2.75, 3.05) is 0 Å². The van der Waals surface area contributed by atoms with Gasteiger partial charge in [0.2, 0.25) is 0 Å². The lowest BCUT2D eigenvalue weighted by Crippen LogP contribution is -2.31. The van der Waals surface area contributed by atoms with E-state index < -0.39 is 0 Å². The van der Waals surface area contributed by atoms with Crippen molar-refractivity contribution < 1.29 is 4.79 Å². The van der Waals surface area contributed by atoms with E-state index in [1.807, 2.05) is 79.8 Å². The van der Waals surface area contributed by atoms with Gasteiger partial charge in [0.15, 0.2) is 0 Å². The minimum Gasteiger partial charge on any atom is -0.345 e. The molecule has 3 aromatic carbocycles. The van der Waals surface area contributed by atoms with Crippen LogP contribution in [-0.2, 0) is 13.5 Å². The number of imidazole rings is 1. The zero-order chi connectivity index (χ0) is 19.5. The van der Waals surface area contributed by atoms with Gasteiger partial charge < -0.3 is 9.88 Å². The SMILES string of the molecule is Cn1c(CC(NC(=O)c2ccccc2I)c2ccccc2)nc2ccccc21. The van der Waals surface area contributed by atoms with Crippen LogP contribution in [0.15, 0.2) is 78.9 Å². The van der Waals surface area contributed by atoms with Crippen LogP contribution in [0.4, 0.5) is 0 Å². The summed E-state index contributed by atoms with van der Waals surface area (Å²) in [5.74, 6) is 0.871. The monoisotopic (exact) mass is 481 g/mol. The zero-order valence-corrected chi connectivity index (χ0v) is 17.6. The number of para-hydroxylation sites is 2. The molecule has 1 unspecified atom stereocenters. The number of amides is 1. The van der Waals surface area contributed by atoms with Gasteiger partial charge in [-0.15, -0.1) is 0 Å². The van der Waals surface area contributed by atoms with Crippen molar-refractivity contribution in [2.24, 2.45) is 7.05 Å². The topological polar surface area (TPSA) is 46.9 Å². The molecule has 0 bridgehead atoms. The van der Waals surface area contributed by atoms with Crippen molar-refractivity contribution in [1.82, 2.24) is 14.9 Å². The van der Waals surface area contributed by atoms with Crippen LogP contribution in [0, 0.1) is 3.57 Å². The highest BCUT2D eigenvalue weighted by atomic mass is 127. The van der Waals surface area contributed by atoms with Gasteiger partial charge in [-0.1, -0.05) is 54.6 Å². The number of fused-ring (bicyclic) bond motifs is 1. The molecule has 140 valence electrons. The first-order valence-corrected chi connectivity index (χ1v) is 10.2. The molecule has 4 nitrogen and oxygen atoms in total. The Morgan fingerprint density at radius 3 is 2.43 bits per heavy atom. The molecule has 4 aromatic rings. The van der Waals surface area contributed by atoms with Gasteiger partial charge >= 0.3 is 0 Å². The largest absolute Gasteiger partial charge is 0.345 e. The van der Waals surface area contributed by atoms with Crippen molar-refractivity contribution >= 4 is 39.5 Å². The number of carbonyl (C=O) groups excluding carboxylic acids is 1. The molecule has 1 atom stereocenters. The number of nitrogens with zero attached hydrogens (tertiary/aromatic N) is 2. The summed E-state index contributed by atoms with van der Waals surface area (Å²) in [7, 11) is 2.02. The van der Waals surface area contributed by atoms with E-state index in [-0.39, 0.29) is 11.9 Å². The van der Waals surface area contributed by atoms with Crippen molar-refractivity contribution in [2.45, 2.75) is 12.5 Å². The van der Waals surface area contributed by atoms with Crippen LogP contribution in [0.1, 0.15) is 27.8 Å². The molecule has 0 saturated carbocycles. The molecule has 0 aliphatic rings. The Hall–Kier alpha value is -2.67. The first-order valence-electron chi connectivity index (χ1n) is 9.14. The molecule has 28 heavy (non-hydrogen) atoms. The number of halogens is 1. The Labute approximate surface area is 177 Å². The lowest BCUT2D eigenvalue weighted by molar-refractivity contribution is 0.0935. The lowest BCUT2D eigenvalue weighted by Gasteiger charge is -2.20. The van der Waals surface area contributed by atoms with Crippen LogP contribution in [0.25, 0.3) is 11.0 Å². The number of aromatic nitrogens is 2. The number of carbonyl (C=O) groups is 1. The molecule has 5 heteroatoms. The first kappa shape index (κ1) is 18.7. The lowest BCUT2D eigenvalue weighted by atomic mass is 10.0. The molecule has 1 heterocycles. The molecule has 0 fully saturated rings. The van der Waals surface area contributed by atoms with Gasteiger partial charge in [0.05, 0.1) is 22.6 Å². The molecular formula is C23H20IN3O. The predicted octanol–water partition coefficient (Wildman–Crippen LogP) is 4.89. The minimum atomic E-state index is -0.166. The van der Waals surface area contributed by atoms with E-state index in [4.69, 9.17) is 4.98 Å². The van der Waals surface area contributed by atoms with Gasteiger partial charge in [0, 0.05) is 17.0 Å². The van der Waals surface area contributed by atoms with Crippen molar-refractivity contribution in [3.05, 3.63) is 99.4 Å². The zero-order valence-electron chi connectivity index (χ0n) is 15.5. The molecule has 1 N–H and O–H groups in total. The fourth-order valence-electron chi connectivity index (χ4n) is 3.38. The summed E-state index contributed by atoms with van der Waals surface area (Å²) < 4.78 is 3.04. The van der Waals surface area contributed by atoms with E-state index in [0.717, 1.165) is 26.0 Å². The van der Waals surface area contributed by atoms with Gasteiger partial charge in [-0.05, 0) is 52.4 Å². The summed E-state index contributed by atoms with van der Waals surface area (Å²) in [6.45, 7) is 0. The Bertz CT molecular complexity index is 1120. The molecule has 0 spiro atoms. The van der Waals surface area contributed by atoms with E-state index in [0.29, 0.717) is 12.0 Å². The molecular weight excluding hydrogens is 461 g/mol. The van der Waals surface area contributed by atoms with Gasteiger partial charge in [-0.2, -0.15) is 0 Å². The number of nitrogens with one attached hydrogen (secondary N) is 1. The van der Waals surface area contributed by atoms with E-state index >= 15 is 0 Å². The van der Waals surface area contributed by atoms with Gasteiger partial charge in [-0.25, -0.2) is 4.98 Å². The fourth-order valence-corrected chi connectivity index (χ4v) is 4.01. The molecule has 1 aromatic heterocycles. The highest BCUT2D eigenvalue weighted by molar-refractivity contribution is 14.1. The number of aryl methyl sites for hydroxylation is 1. The third-order valence-corrected chi connectivity index (χ3v) is 5.83. The van der Waals surface area contributed by atoms with Gasteiger partial charge in [-0.3, -0.25) is 4.79 Å². The van der Waals surface area contributed by atoms with Crippen LogP contribution < -0.4 is 5.32 Å². The average molecular weight is 481 g/mol. The quantitative estimate of drug-likeness (QED) is 0.413. The van der Waals surface area contributed by atoms with E-state index in [1.54, 1.807) is 0 Å². The van der Waals surface area contributed by atoms with Crippen LogP contribution in [0.3, 0.4) is 0 Å². The minimum absolute atomic E-state index is 0.0717. The maximum atomic E-state index is 13.0. The normalized spacial score (nSPS) is 12.1. The van der Waals surface area contributed by atoms with Gasteiger partial charge in [0.1, 0.15) is 5.82 Å². The second kappa shape index (κ2) is 8.14. The molecule has 0 saturated heterocycles. The number of hydrogen-bond acceptors (Lipinski definition) is 2. The average Bonchev–Trinajstić information content (AvgIpc) is 3.04. The molecule has 1 amide bonds. The summed E-state index contributed by atoms with van der Waals surface area (Å²) in [5.41, 5.74) is 3.81. The maximum Gasteiger partial charge on any atom is 0.252 e. The number of hydrogen-bond donors (Lipinski definition) is 1. The van der Waals surface area contributed by atoms with Crippen molar-refractivity contribution in [3.63, 3.8) is 0 Å². The highest BCUT2D eigenvalue weighted by Crippen LogP contribution is 2.22. The molecule has 0 aliphatic carbocycles. The summed E-state index contributed by atoms with van der Waals surface area (Å²) in [6, 6.07) is 25.6. The van der Waals surface area contributed by atoms with E-state index in [9.17, 15) is 4.79 Å². The second-order valence-electron chi connectivity index (χ2n) is 6.70. The van der Waals surface area contributed by atoms with E-state index in [1.165, 1.54) is 0 Å². The van der Waals surface area contributed by atoms with Crippen molar-refractivity contribution in [1.29, 1.82) is 0 Å². The first-order chi connectivity index (χ1) is 13.6. The number of benzene rings is 3. The van der Waals surface area contributed by atoms with Crippen molar-refractivity contribution in [3.8, 4) is 0 Å².